The summed E-state index contributed by atoms with van der Waals surface area (Å²) in [6.45, 7) is 9.14. The van der Waals surface area contributed by atoms with Crippen LogP contribution in [0.4, 0.5) is 5.69 Å². The van der Waals surface area contributed by atoms with Crippen molar-refractivity contribution in [3.05, 3.63) is 17.2 Å². The molecule has 144 valence electrons. The number of unbranched alkanes of at least 4 members (excludes halogenated alkanes) is 1. The van der Waals surface area contributed by atoms with Gasteiger partial charge in [-0.3, -0.25) is 0 Å². The lowest BCUT2D eigenvalue weighted by Gasteiger charge is -2.30. The highest BCUT2D eigenvalue weighted by molar-refractivity contribution is 7.99. The number of piperazine rings is 1. The molecule has 0 saturated carbocycles. The zero-order valence-corrected chi connectivity index (χ0v) is 17.3. The largest absolute Gasteiger partial charge is 0.378 e. The number of ether oxygens (including phenoxy) is 1. The Hall–Kier alpha value is -0.950. The Labute approximate surface area is 165 Å². The molecule has 2 heterocycles. The third-order valence-electron chi connectivity index (χ3n) is 4.65. The molecule has 1 aliphatic rings. The van der Waals surface area contributed by atoms with Crippen molar-refractivity contribution in [3.63, 3.8) is 0 Å². The first-order valence-corrected chi connectivity index (χ1v) is 10.9. The summed E-state index contributed by atoms with van der Waals surface area (Å²) in [5, 5.41) is 5.12. The number of aromatic amines is 1. The number of halogens is 1. The molecule has 1 atom stereocenters. The number of rotatable bonds is 9. The van der Waals surface area contributed by atoms with Crippen molar-refractivity contribution in [1.82, 2.24) is 15.3 Å². The molecular formula is C19H29ClN4OS. The quantitative estimate of drug-likeness (QED) is 0.488. The van der Waals surface area contributed by atoms with Gasteiger partial charge in [-0.1, -0.05) is 36.7 Å². The van der Waals surface area contributed by atoms with E-state index >= 15 is 0 Å². The van der Waals surface area contributed by atoms with E-state index in [1.807, 2.05) is 6.07 Å². The molecule has 0 bridgehead atoms. The minimum atomic E-state index is 0.298. The fraction of sp³-hybridized carbons (Fsp3) is 0.632. The summed E-state index contributed by atoms with van der Waals surface area (Å²) in [7, 11) is 0. The van der Waals surface area contributed by atoms with Crippen LogP contribution < -0.4 is 10.2 Å². The standard InChI is InChI=1S/C19H29ClN4OS/c1-3-4-10-25-14(2)5-11-26-19-22-16-12-15(20)18(13-17(16)23-19)24-8-6-21-7-9-24/h12-14,21H,3-11H2,1-2H3,(H,22,23). The maximum Gasteiger partial charge on any atom is 0.166 e. The average molecular weight is 397 g/mol. The molecule has 3 rings (SSSR count). The SMILES string of the molecule is CCCCOC(C)CCSc1nc2cc(N3CCNCC3)c(Cl)cc2[nH]1. The third-order valence-corrected chi connectivity index (χ3v) is 5.86. The van der Waals surface area contributed by atoms with Crippen molar-refractivity contribution >= 4 is 40.1 Å². The van der Waals surface area contributed by atoms with Crippen molar-refractivity contribution in [2.75, 3.05) is 43.4 Å². The van der Waals surface area contributed by atoms with Gasteiger partial charge >= 0.3 is 0 Å². The van der Waals surface area contributed by atoms with Crippen LogP contribution in [-0.2, 0) is 4.74 Å². The van der Waals surface area contributed by atoms with E-state index in [0.717, 1.165) is 78.3 Å². The summed E-state index contributed by atoms with van der Waals surface area (Å²) in [4.78, 5) is 10.5. The number of benzene rings is 1. The highest BCUT2D eigenvalue weighted by atomic mass is 35.5. The number of aromatic nitrogens is 2. The second-order valence-electron chi connectivity index (χ2n) is 6.77. The molecule has 5 nitrogen and oxygen atoms in total. The zero-order chi connectivity index (χ0) is 18.4. The van der Waals surface area contributed by atoms with Gasteiger partial charge in [0, 0.05) is 38.5 Å². The van der Waals surface area contributed by atoms with Crippen LogP contribution in [0.5, 0.6) is 0 Å². The average Bonchev–Trinajstić information content (AvgIpc) is 3.03. The second-order valence-corrected chi connectivity index (χ2v) is 8.26. The van der Waals surface area contributed by atoms with Gasteiger partial charge in [0.1, 0.15) is 0 Å². The van der Waals surface area contributed by atoms with Gasteiger partial charge in [-0.2, -0.15) is 0 Å². The highest BCUT2D eigenvalue weighted by Crippen LogP contribution is 2.32. The lowest BCUT2D eigenvalue weighted by Crippen LogP contribution is -2.43. The monoisotopic (exact) mass is 396 g/mol. The Morgan fingerprint density at radius 2 is 2.15 bits per heavy atom. The molecule has 1 unspecified atom stereocenters. The van der Waals surface area contributed by atoms with E-state index in [1.165, 1.54) is 6.42 Å². The molecule has 0 spiro atoms. The smallest absolute Gasteiger partial charge is 0.166 e. The summed E-state index contributed by atoms with van der Waals surface area (Å²) >= 11 is 8.27. The first-order valence-electron chi connectivity index (χ1n) is 9.56. The van der Waals surface area contributed by atoms with E-state index < -0.39 is 0 Å². The summed E-state index contributed by atoms with van der Waals surface area (Å²) in [6.07, 6.45) is 3.64. The molecule has 1 aromatic carbocycles. The molecule has 0 radical (unpaired) electrons. The summed E-state index contributed by atoms with van der Waals surface area (Å²) in [5.41, 5.74) is 3.07. The maximum atomic E-state index is 6.52. The fourth-order valence-electron chi connectivity index (χ4n) is 3.05. The van der Waals surface area contributed by atoms with Crippen molar-refractivity contribution in [2.45, 2.75) is 44.4 Å². The second kappa shape index (κ2) is 9.83. The number of imidazole rings is 1. The topological polar surface area (TPSA) is 53.2 Å². The maximum absolute atomic E-state index is 6.52. The van der Waals surface area contributed by atoms with Gasteiger partial charge in [-0.15, -0.1) is 0 Å². The normalized spacial score (nSPS) is 16.3. The number of H-pyrrole nitrogens is 1. The number of hydrogen-bond donors (Lipinski definition) is 2. The van der Waals surface area contributed by atoms with E-state index in [0.29, 0.717) is 6.10 Å². The molecule has 26 heavy (non-hydrogen) atoms. The summed E-state index contributed by atoms with van der Waals surface area (Å²) in [5.74, 6) is 0.992. The Balaban J connectivity index is 1.58. The van der Waals surface area contributed by atoms with Crippen LogP contribution in [0.15, 0.2) is 17.3 Å². The predicted octanol–water partition coefficient (Wildman–Crippen LogP) is 4.31. The first kappa shape index (κ1) is 19.8. The molecular weight excluding hydrogens is 368 g/mol. The van der Waals surface area contributed by atoms with E-state index in [4.69, 9.17) is 21.3 Å². The van der Waals surface area contributed by atoms with Crippen molar-refractivity contribution < 1.29 is 4.74 Å². The number of anilines is 1. The lowest BCUT2D eigenvalue weighted by atomic mass is 10.2. The van der Waals surface area contributed by atoms with Gasteiger partial charge in [0.25, 0.3) is 0 Å². The molecule has 1 saturated heterocycles. The zero-order valence-electron chi connectivity index (χ0n) is 15.7. The van der Waals surface area contributed by atoms with E-state index in [9.17, 15) is 0 Å². The van der Waals surface area contributed by atoms with E-state index in [-0.39, 0.29) is 0 Å². The van der Waals surface area contributed by atoms with E-state index in [1.54, 1.807) is 11.8 Å². The fourth-order valence-corrected chi connectivity index (χ4v) is 4.32. The molecule has 7 heteroatoms. The number of fused-ring (bicyclic) bond motifs is 1. The van der Waals surface area contributed by atoms with Gasteiger partial charge in [0.05, 0.1) is 27.8 Å². The Morgan fingerprint density at radius 1 is 1.35 bits per heavy atom. The first-order chi connectivity index (χ1) is 12.7. The van der Waals surface area contributed by atoms with Crippen LogP contribution in [-0.4, -0.2) is 54.6 Å². The molecule has 2 aromatic rings. The van der Waals surface area contributed by atoms with Crippen molar-refractivity contribution in [1.29, 1.82) is 0 Å². The molecule has 1 aromatic heterocycles. The van der Waals surface area contributed by atoms with Gasteiger partial charge in [-0.25, -0.2) is 4.98 Å². The van der Waals surface area contributed by atoms with E-state index in [2.05, 4.69) is 35.1 Å². The molecule has 0 aliphatic carbocycles. The lowest BCUT2D eigenvalue weighted by molar-refractivity contribution is 0.0624. The van der Waals surface area contributed by atoms with Gasteiger partial charge in [0.2, 0.25) is 0 Å². The van der Waals surface area contributed by atoms with Crippen LogP contribution >= 0.6 is 23.4 Å². The van der Waals surface area contributed by atoms with Crippen LogP contribution in [0.3, 0.4) is 0 Å². The van der Waals surface area contributed by atoms with Gasteiger partial charge < -0.3 is 19.9 Å². The number of nitrogens with one attached hydrogen (secondary N) is 2. The van der Waals surface area contributed by atoms with Gasteiger partial charge in [-0.05, 0) is 31.9 Å². The van der Waals surface area contributed by atoms with Crippen LogP contribution in [0.2, 0.25) is 5.02 Å². The van der Waals surface area contributed by atoms with Crippen LogP contribution in [0.25, 0.3) is 11.0 Å². The van der Waals surface area contributed by atoms with Crippen LogP contribution in [0.1, 0.15) is 33.1 Å². The summed E-state index contributed by atoms with van der Waals surface area (Å²) < 4.78 is 5.81. The van der Waals surface area contributed by atoms with Crippen molar-refractivity contribution in [2.24, 2.45) is 0 Å². The Bertz CT molecular complexity index is 702. The molecule has 2 N–H and O–H groups in total. The third kappa shape index (κ3) is 5.28. The van der Waals surface area contributed by atoms with Crippen molar-refractivity contribution in [3.8, 4) is 0 Å². The number of nitrogens with zero attached hydrogens (tertiary/aromatic N) is 2. The molecule has 1 aliphatic heterocycles. The van der Waals surface area contributed by atoms with Gasteiger partial charge in [0.15, 0.2) is 5.16 Å². The minimum Gasteiger partial charge on any atom is -0.378 e. The molecule has 1 fully saturated rings. The van der Waals surface area contributed by atoms with Crippen LogP contribution in [0, 0.1) is 0 Å². The highest BCUT2D eigenvalue weighted by Gasteiger charge is 2.16. The predicted molar refractivity (Wildman–Crippen MR) is 112 cm³/mol. The minimum absolute atomic E-state index is 0.298. The Kier molecular flexibility index (Phi) is 7.49. The molecule has 0 amide bonds. The number of thioether (sulfide) groups is 1. The summed E-state index contributed by atoms with van der Waals surface area (Å²) in [6, 6.07) is 4.11. The Morgan fingerprint density at radius 3 is 2.92 bits per heavy atom. The number of hydrogen-bond acceptors (Lipinski definition) is 5.